The number of halogens is 1. The van der Waals surface area contributed by atoms with Crippen LogP contribution in [0.4, 0.5) is 0 Å². The van der Waals surface area contributed by atoms with Crippen LogP contribution in [-0.2, 0) is 4.79 Å². The number of allylic oxidation sites excluding steroid dienone is 1. The fourth-order valence-corrected chi connectivity index (χ4v) is 6.33. The van der Waals surface area contributed by atoms with Gasteiger partial charge < -0.3 is 9.15 Å². The average Bonchev–Trinajstić information content (AvgIpc) is 3.53. The second kappa shape index (κ2) is 11.2. The van der Waals surface area contributed by atoms with Gasteiger partial charge in [0, 0.05) is 16.0 Å². The monoisotopic (exact) mass is 584 g/mol. The summed E-state index contributed by atoms with van der Waals surface area (Å²) in [7, 11) is 0. The summed E-state index contributed by atoms with van der Waals surface area (Å²) in [6.45, 7) is 1.77. The smallest absolute Gasteiger partial charge is 0.343 e. The Labute approximate surface area is 242 Å². The number of furan rings is 1. The molecule has 3 heterocycles. The second-order valence-corrected chi connectivity index (χ2v) is 11.4. The van der Waals surface area contributed by atoms with Crippen molar-refractivity contribution >= 4 is 46.7 Å². The summed E-state index contributed by atoms with van der Waals surface area (Å²) in [6, 6.07) is 28.8. The maximum Gasteiger partial charge on any atom is 0.343 e. The molecule has 40 heavy (non-hydrogen) atoms. The van der Waals surface area contributed by atoms with Gasteiger partial charge in [-0.15, -0.1) is 0 Å². The van der Waals surface area contributed by atoms with Crippen molar-refractivity contribution in [3.05, 3.63) is 144 Å². The zero-order valence-electron chi connectivity index (χ0n) is 21.1. The number of ether oxygens (including phenoxy) is 1. The molecule has 0 spiro atoms. The SMILES string of the molecule is CC1=C(C(=O)Oc2ccccc2)[C@H](c2ccccc2)n2c(s/c(=C\c3ccc(Sc4ccc(Cl)cc4)o3)c2=O)=N1. The Morgan fingerprint density at radius 3 is 2.42 bits per heavy atom. The molecule has 0 fully saturated rings. The molecule has 6 rings (SSSR count). The number of aromatic nitrogens is 1. The van der Waals surface area contributed by atoms with E-state index >= 15 is 0 Å². The van der Waals surface area contributed by atoms with Crippen LogP contribution in [0.5, 0.6) is 5.75 Å². The van der Waals surface area contributed by atoms with Gasteiger partial charge in [-0.3, -0.25) is 9.36 Å². The molecule has 0 aliphatic carbocycles. The number of hydrogen-bond acceptors (Lipinski definition) is 7. The van der Waals surface area contributed by atoms with E-state index in [0.29, 0.717) is 42.2 Å². The highest BCUT2D eigenvalue weighted by Gasteiger charge is 2.33. The molecule has 198 valence electrons. The third kappa shape index (κ3) is 5.34. The molecule has 3 aromatic carbocycles. The van der Waals surface area contributed by atoms with Crippen molar-refractivity contribution < 1.29 is 13.9 Å². The zero-order valence-corrected chi connectivity index (χ0v) is 23.5. The molecule has 9 heteroatoms. The summed E-state index contributed by atoms with van der Waals surface area (Å²) in [5.41, 5.74) is 1.33. The van der Waals surface area contributed by atoms with Crippen molar-refractivity contribution in [1.29, 1.82) is 0 Å². The lowest BCUT2D eigenvalue weighted by Crippen LogP contribution is -2.40. The van der Waals surface area contributed by atoms with Gasteiger partial charge in [0.05, 0.1) is 21.8 Å². The lowest BCUT2D eigenvalue weighted by molar-refractivity contribution is -0.130. The third-order valence-electron chi connectivity index (χ3n) is 6.22. The van der Waals surface area contributed by atoms with E-state index in [9.17, 15) is 9.59 Å². The first kappa shape index (κ1) is 26.1. The molecule has 0 amide bonds. The van der Waals surface area contributed by atoms with Gasteiger partial charge in [-0.2, -0.15) is 0 Å². The van der Waals surface area contributed by atoms with Crippen LogP contribution >= 0.6 is 34.7 Å². The number of fused-ring (bicyclic) bond motifs is 1. The number of hydrogen-bond donors (Lipinski definition) is 0. The summed E-state index contributed by atoms with van der Waals surface area (Å²) < 4.78 is 13.7. The van der Waals surface area contributed by atoms with Crippen LogP contribution in [0.3, 0.4) is 0 Å². The normalized spacial score (nSPS) is 15.1. The molecule has 1 aliphatic heterocycles. The lowest BCUT2D eigenvalue weighted by Gasteiger charge is -2.24. The average molecular weight is 585 g/mol. The van der Waals surface area contributed by atoms with Crippen molar-refractivity contribution in [2.75, 3.05) is 0 Å². The number of benzene rings is 3. The molecule has 1 atom stereocenters. The lowest BCUT2D eigenvalue weighted by atomic mass is 9.96. The Hall–Kier alpha value is -4.11. The van der Waals surface area contributed by atoms with E-state index in [0.717, 1.165) is 10.5 Å². The first-order chi connectivity index (χ1) is 19.5. The van der Waals surface area contributed by atoms with Crippen molar-refractivity contribution in [1.82, 2.24) is 4.57 Å². The van der Waals surface area contributed by atoms with E-state index in [4.69, 9.17) is 20.8 Å². The van der Waals surface area contributed by atoms with E-state index in [1.165, 1.54) is 23.1 Å². The van der Waals surface area contributed by atoms with Crippen molar-refractivity contribution in [2.45, 2.75) is 23.0 Å². The molecule has 5 aromatic rings. The minimum absolute atomic E-state index is 0.265. The van der Waals surface area contributed by atoms with Gasteiger partial charge >= 0.3 is 5.97 Å². The Morgan fingerprint density at radius 2 is 1.70 bits per heavy atom. The number of carbonyl (C=O) groups is 1. The minimum atomic E-state index is -0.691. The molecule has 0 N–H and O–H groups in total. The van der Waals surface area contributed by atoms with Crippen LogP contribution in [0.25, 0.3) is 6.08 Å². The Kier molecular flexibility index (Phi) is 7.30. The summed E-state index contributed by atoms with van der Waals surface area (Å²) in [5.74, 6) is 0.407. The highest BCUT2D eigenvalue weighted by molar-refractivity contribution is 7.99. The predicted molar refractivity (Wildman–Crippen MR) is 157 cm³/mol. The number of carbonyl (C=O) groups excluding carboxylic acids is 1. The number of rotatable bonds is 6. The highest BCUT2D eigenvalue weighted by Crippen LogP contribution is 2.32. The Bertz CT molecular complexity index is 1910. The molecular weight excluding hydrogens is 564 g/mol. The maximum atomic E-state index is 13.8. The molecule has 0 saturated carbocycles. The summed E-state index contributed by atoms with van der Waals surface area (Å²) in [5, 5.41) is 1.35. The first-order valence-electron chi connectivity index (χ1n) is 12.3. The van der Waals surface area contributed by atoms with Gasteiger partial charge in [0.2, 0.25) is 0 Å². The Balaban J connectivity index is 1.39. The molecule has 1 aliphatic rings. The summed E-state index contributed by atoms with van der Waals surface area (Å²) >= 11 is 8.70. The molecular formula is C31H21ClN2O4S2. The fraction of sp³-hybridized carbons (Fsp3) is 0.0645. The van der Waals surface area contributed by atoms with Crippen molar-refractivity contribution in [3.8, 4) is 5.75 Å². The second-order valence-electron chi connectivity index (χ2n) is 8.91. The van der Waals surface area contributed by atoms with Crippen LogP contribution in [0.1, 0.15) is 24.3 Å². The predicted octanol–water partition coefficient (Wildman–Crippen LogP) is 6.24. The van der Waals surface area contributed by atoms with E-state index in [1.54, 1.807) is 41.8 Å². The first-order valence-corrected chi connectivity index (χ1v) is 14.4. The van der Waals surface area contributed by atoms with Gasteiger partial charge in [-0.25, -0.2) is 9.79 Å². The van der Waals surface area contributed by atoms with Crippen LogP contribution in [0, 0.1) is 0 Å². The molecule has 0 bridgehead atoms. The van der Waals surface area contributed by atoms with E-state index in [2.05, 4.69) is 4.99 Å². The van der Waals surface area contributed by atoms with Gasteiger partial charge in [-0.05, 0) is 61.0 Å². The molecule has 0 radical (unpaired) electrons. The number of esters is 1. The third-order valence-corrected chi connectivity index (χ3v) is 8.38. The minimum Gasteiger partial charge on any atom is -0.450 e. The fourth-order valence-electron chi connectivity index (χ4n) is 4.40. The zero-order chi connectivity index (χ0) is 27.6. The largest absolute Gasteiger partial charge is 0.450 e. The maximum absolute atomic E-state index is 13.8. The molecule has 6 nitrogen and oxygen atoms in total. The molecule has 0 saturated heterocycles. The van der Waals surface area contributed by atoms with Crippen LogP contribution in [0.15, 0.2) is 133 Å². The summed E-state index contributed by atoms with van der Waals surface area (Å²) in [4.78, 5) is 33.4. The standard InChI is InChI=1S/C31H21ClN2O4S2/c1-19-27(30(36)38-22-10-6-3-7-11-22)28(20-8-4-2-5-9-20)34-29(35)25(40-31(34)33-19)18-23-14-17-26(37-23)39-24-15-12-21(32)13-16-24/h2-18,28H,1H3/b25-18-/t28-/m0/s1. The van der Waals surface area contributed by atoms with Gasteiger partial charge in [0.1, 0.15) is 11.5 Å². The summed E-state index contributed by atoms with van der Waals surface area (Å²) in [6.07, 6.45) is 1.71. The number of para-hydroxylation sites is 1. The van der Waals surface area contributed by atoms with Gasteiger partial charge in [0.25, 0.3) is 5.56 Å². The van der Waals surface area contributed by atoms with Crippen molar-refractivity contribution in [3.63, 3.8) is 0 Å². The Morgan fingerprint density at radius 1 is 1.00 bits per heavy atom. The topological polar surface area (TPSA) is 73.8 Å². The quantitative estimate of drug-likeness (QED) is 0.174. The van der Waals surface area contributed by atoms with E-state index in [1.807, 2.05) is 72.8 Å². The number of nitrogens with zero attached hydrogens (tertiary/aromatic N) is 2. The van der Waals surface area contributed by atoms with Crippen LogP contribution in [-0.4, -0.2) is 10.5 Å². The highest BCUT2D eigenvalue weighted by atomic mass is 35.5. The van der Waals surface area contributed by atoms with Crippen LogP contribution < -0.4 is 19.6 Å². The number of thiazole rings is 1. The van der Waals surface area contributed by atoms with Gasteiger partial charge in [-0.1, -0.05) is 83.2 Å². The van der Waals surface area contributed by atoms with Crippen molar-refractivity contribution in [2.24, 2.45) is 4.99 Å². The van der Waals surface area contributed by atoms with Crippen LogP contribution in [0.2, 0.25) is 5.02 Å². The molecule has 0 unspecified atom stereocenters. The van der Waals surface area contributed by atoms with E-state index < -0.39 is 12.0 Å². The van der Waals surface area contributed by atoms with Gasteiger partial charge in [0.15, 0.2) is 9.89 Å². The molecule has 2 aromatic heterocycles. The van der Waals surface area contributed by atoms with E-state index in [-0.39, 0.29) is 5.56 Å².